The Kier molecular flexibility index (Phi) is 5.89. The summed E-state index contributed by atoms with van der Waals surface area (Å²) in [5.41, 5.74) is 1.68. The number of methoxy groups -OCH3 is 1. The van der Waals surface area contributed by atoms with Crippen LogP contribution >= 0.6 is 0 Å². The van der Waals surface area contributed by atoms with E-state index >= 15 is 0 Å². The number of nitriles is 1. The fourth-order valence-electron chi connectivity index (χ4n) is 1.68. The van der Waals surface area contributed by atoms with Crippen LogP contribution in [0.25, 0.3) is 0 Å². The van der Waals surface area contributed by atoms with Gasteiger partial charge in [0.15, 0.2) is 0 Å². The van der Waals surface area contributed by atoms with E-state index in [1.165, 1.54) is 7.11 Å². The first-order valence-electron chi connectivity index (χ1n) is 5.97. The van der Waals surface area contributed by atoms with Gasteiger partial charge in [0.1, 0.15) is 0 Å². The molecule has 4 nitrogen and oxygen atoms in total. The van der Waals surface area contributed by atoms with Gasteiger partial charge in [-0.25, -0.2) is 4.79 Å². The van der Waals surface area contributed by atoms with E-state index in [1.54, 1.807) is 12.1 Å². The van der Waals surface area contributed by atoms with Crippen LogP contribution in [0.15, 0.2) is 24.3 Å². The van der Waals surface area contributed by atoms with Crippen LogP contribution < -0.4 is 0 Å². The van der Waals surface area contributed by atoms with E-state index < -0.39 is 0 Å². The van der Waals surface area contributed by atoms with Crippen molar-refractivity contribution < 1.29 is 9.53 Å². The molecule has 0 aliphatic heterocycles. The average Bonchev–Trinajstić information content (AvgIpc) is 2.43. The molecule has 96 valence electrons. The fourth-order valence-corrected chi connectivity index (χ4v) is 1.68. The van der Waals surface area contributed by atoms with Crippen molar-refractivity contribution in [3.05, 3.63) is 35.4 Å². The molecule has 0 amide bonds. The molecule has 0 saturated heterocycles. The van der Waals surface area contributed by atoms with E-state index in [2.05, 4.69) is 22.6 Å². The van der Waals surface area contributed by atoms with Gasteiger partial charge in [-0.05, 0) is 24.2 Å². The topological polar surface area (TPSA) is 53.3 Å². The standard InChI is InChI=1S/C14H18N2O2/c1-3-16(10-4-9-15)11-12-5-7-13(8-6-12)14(17)18-2/h5-8H,3-4,10-11H2,1-2H3. The van der Waals surface area contributed by atoms with Crippen molar-refractivity contribution in [3.8, 4) is 6.07 Å². The van der Waals surface area contributed by atoms with Crippen molar-refractivity contribution in [2.75, 3.05) is 20.2 Å². The van der Waals surface area contributed by atoms with Crippen LogP contribution in [0.4, 0.5) is 0 Å². The van der Waals surface area contributed by atoms with Gasteiger partial charge in [-0.3, -0.25) is 4.90 Å². The Labute approximate surface area is 108 Å². The number of hydrogen-bond acceptors (Lipinski definition) is 4. The number of ether oxygens (including phenoxy) is 1. The third-order valence-corrected chi connectivity index (χ3v) is 2.77. The SMILES string of the molecule is CCN(CCC#N)Cc1ccc(C(=O)OC)cc1. The molecule has 0 heterocycles. The molecule has 0 bridgehead atoms. The highest BCUT2D eigenvalue weighted by molar-refractivity contribution is 5.89. The molecule has 1 aromatic carbocycles. The van der Waals surface area contributed by atoms with Gasteiger partial charge in [0.05, 0.1) is 18.7 Å². The third kappa shape index (κ3) is 4.19. The Morgan fingerprint density at radius 2 is 2.06 bits per heavy atom. The third-order valence-electron chi connectivity index (χ3n) is 2.77. The van der Waals surface area contributed by atoms with E-state index in [4.69, 9.17) is 5.26 Å². The molecular formula is C14H18N2O2. The van der Waals surface area contributed by atoms with Gasteiger partial charge in [0, 0.05) is 19.5 Å². The molecule has 0 saturated carbocycles. The van der Waals surface area contributed by atoms with Gasteiger partial charge in [0.2, 0.25) is 0 Å². The zero-order chi connectivity index (χ0) is 13.4. The molecule has 1 rings (SSSR count). The summed E-state index contributed by atoms with van der Waals surface area (Å²) in [6.07, 6.45) is 0.536. The molecule has 0 aliphatic carbocycles. The second-order valence-corrected chi connectivity index (χ2v) is 3.97. The largest absolute Gasteiger partial charge is 0.465 e. The van der Waals surface area contributed by atoms with Crippen LogP contribution in [0, 0.1) is 11.3 Å². The number of rotatable bonds is 6. The number of benzene rings is 1. The van der Waals surface area contributed by atoms with E-state index in [9.17, 15) is 4.79 Å². The molecule has 0 aliphatic rings. The zero-order valence-electron chi connectivity index (χ0n) is 10.8. The Hall–Kier alpha value is -1.86. The average molecular weight is 246 g/mol. The van der Waals surface area contributed by atoms with E-state index in [-0.39, 0.29) is 5.97 Å². The van der Waals surface area contributed by atoms with Gasteiger partial charge in [-0.1, -0.05) is 19.1 Å². The minimum atomic E-state index is -0.321. The monoisotopic (exact) mass is 246 g/mol. The van der Waals surface area contributed by atoms with E-state index in [1.807, 2.05) is 12.1 Å². The molecule has 0 unspecified atom stereocenters. The van der Waals surface area contributed by atoms with Gasteiger partial charge >= 0.3 is 5.97 Å². The lowest BCUT2D eigenvalue weighted by Gasteiger charge is -2.18. The van der Waals surface area contributed by atoms with Crippen LogP contribution in [0.3, 0.4) is 0 Å². The molecule has 18 heavy (non-hydrogen) atoms. The second-order valence-electron chi connectivity index (χ2n) is 3.97. The van der Waals surface area contributed by atoms with Gasteiger partial charge in [0.25, 0.3) is 0 Å². The Balaban J connectivity index is 2.62. The Morgan fingerprint density at radius 3 is 2.56 bits per heavy atom. The molecule has 0 fully saturated rings. The number of hydrogen-bond donors (Lipinski definition) is 0. The fraction of sp³-hybridized carbons (Fsp3) is 0.429. The minimum Gasteiger partial charge on any atom is -0.465 e. The maximum Gasteiger partial charge on any atom is 0.337 e. The van der Waals surface area contributed by atoms with Crippen molar-refractivity contribution in [1.82, 2.24) is 4.90 Å². The lowest BCUT2D eigenvalue weighted by atomic mass is 10.1. The maximum atomic E-state index is 11.3. The van der Waals surface area contributed by atoms with Gasteiger partial charge < -0.3 is 4.74 Å². The molecule has 0 N–H and O–H groups in total. The number of esters is 1. The molecule has 0 atom stereocenters. The highest BCUT2D eigenvalue weighted by Gasteiger charge is 2.06. The summed E-state index contributed by atoms with van der Waals surface area (Å²) in [5.74, 6) is -0.321. The summed E-state index contributed by atoms with van der Waals surface area (Å²) in [5, 5.41) is 8.57. The predicted octanol–water partition coefficient (Wildman–Crippen LogP) is 2.21. The van der Waals surface area contributed by atoms with E-state index in [0.29, 0.717) is 12.0 Å². The first kappa shape index (κ1) is 14.2. The summed E-state index contributed by atoms with van der Waals surface area (Å²) in [6, 6.07) is 9.51. The highest BCUT2D eigenvalue weighted by Crippen LogP contribution is 2.08. The van der Waals surface area contributed by atoms with Crippen molar-refractivity contribution in [2.45, 2.75) is 19.9 Å². The number of carbonyl (C=O) groups is 1. The van der Waals surface area contributed by atoms with Gasteiger partial charge in [-0.15, -0.1) is 0 Å². The van der Waals surface area contributed by atoms with Gasteiger partial charge in [-0.2, -0.15) is 5.26 Å². The van der Waals surface area contributed by atoms with Crippen molar-refractivity contribution in [3.63, 3.8) is 0 Å². The van der Waals surface area contributed by atoms with Crippen LogP contribution in [-0.2, 0) is 11.3 Å². The smallest absolute Gasteiger partial charge is 0.337 e. The molecular weight excluding hydrogens is 228 g/mol. The van der Waals surface area contributed by atoms with Crippen LogP contribution in [0.5, 0.6) is 0 Å². The van der Waals surface area contributed by atoms with E-state index in [0.717, 1.165) is 25.2 Å². The first-order chi connectivity index (χ1) is 8.71. The molecule has 0 radical (unpaired) electrons. The lowest BCUT2D eigenvalue weighted by molar-refractivity contribution is 0.0600. The summed E-state index contributed by atoms with van der Waals surface area (Å²) < 4.78 is 4.65. The maximum absolute atomic E-state index is 11.3. The van der Waals surface area contributed by atoms with Crippen molar-refractivity contribution in [2.24, 2.45) is 0 Å². The number of nitrogens with zero attached hydrogens (tertiary/aromatic N) is 2. The molecule has 0 aromatic heterocycles. The van der Waals surface area contributed by atoms with Crippen LogP contribution in [-0.4, -0.2) is 31.1 Å². The van der Waals surface area contributed by atoms with Crippen LogP contribution in [0.1, 0.15) is 29.3 Å². The second kappa shape index (κ2) is 7.46. The molecule has 4 heteroatoms. The summed E-state index contributed by atoms with van der Waals surface area (Å²) in [7, 11) is 1.37. The minimum absolute atomic E-state index is 0.321. The molecule has 1 aromatic rings. The normalized spacial score (nSPS) is 10.1. The summed E-state index contributed by atoms with van der Waals surface area (Å²) in [4.78, 5) is 13.5. The predicted molar refractivity (Wildman–Crippen MR) is 69.0 cm³/mol. The Morgan fingerprint density at radius 1 is 1.39 bits per heavy atom. The lowest BCUT2D eigenvalue weighted by Crippen LogP contribution is -2.23. The zero-order valence-corrected chi connectivity index (χ0v) is 10.8. The van der Waals surface area contributed by atoms with Crippen LogP contribution in [0.2, 0.25) is 0 Å². The molecule has 0 spiro atoms. The summed E-state index contributed by atoms with van der Waals surface area (Å²) >= 11 is 0. The Bertz CT molecular complexity index is 420. The number of carbonyl (C=O) groups excluding carboxylic acids is 1. The summed E-state index contributed by atoms with van der Waals surface area (Å²) in [6.45, 7) is 4.53. The van der Waals surface area contributed by atoms with Crippen molar-refractivity contribution in [1.29, 1.82) is 5.26 Å². The van der Waals surface area contributed by atoms with Crippen molar-refractivity contribution >= 4 is 5.97 Å². The first-order valence-corrected chi connectivity index (χ1v) is 5.97. The quantitative estimate of drug-likeness (QED) is 0.722. The highest BCUT2D eigenvalue weighted by atomic mass is 16.5.